The van der Waals surface area contributed by atoms with E-state index in [-0.39, 0.29) is 0 Å². The molecule has 72 valence electrons. The SMILES string of the molecule is CCC(C)CC(=O)c1cscc1C. The summed E-state index contributed by atoms with van der Waals surface area (Å²) in [4.78, 5) is 11.7. The fourth-order valence-electron chi connectivity index (χ4n) is 1.22. The summed E-state index contributed by atoms with van der Waals surface area (Å²) < 4.78 is 0. The first kappa shape index (κ1) is 10.5. The number of Topliss-reactive ketones (excluding diaryl/α,β-unsaturated/α-hetero) is 1. The number of carbonyl (C=O) groups is 1. The first-order valence-corrected chi connectivity index (χ1v) is 5.65. The van der Waals surface area contributed by atoms with E-state index >= 15 is 0 Å². The van der Waals surface area contributed by atoms with E-state index in [4.69, 9.17) is 0 Å². The molecular weight excluding hydrogens is 180 g/mol. The molecule has 0 saturated heterocycles. The predicted molar refractivity (Wildman–Crippen MR) is 57.5 cm³/mol. The van der Waals surface area contributed by atoms with Crippen molar-refractivity contribution in [2.24, 2.45) is 5.92 Å². The van der Waals surface area contributed by atoms with Crippen LogP contribution < -0.4 is 0 Å². The first-order valence-electron chi connectivity index (χ1n) is 4.71. The summed E-state index contributed by atoms with van der Waals surface area (Å²) >= 11 is 1.61. The van der Waals surface area contributed by atoms with Gasteiger partial charge in [-0.1, -0.05) is 20.3 Å². The lowest BCUT2D eigenvalue weighted by Crippen LogP contribution is -2.05. The van der Waals surface area contributed by atoms with E-state index in [0.29, 0.717) is 18.1 Å². The zero-order valence-electron chi connectivity index (χ0n) is 8.46. The number of hydrogen-bond acceptors (Lipinski definition) is 2. The molecule has 2 heteroatoms. The van der Waals surface area contributed by atoms with Crippen molar-refractivity contribution in [3.05, 3.63) is 21.9 Å². The van der Waals surface area contributed by atoms with Gasteiger partial charge in [0.05, 0.1) is 0 Å². The van der Waals surface area contributed by atoms with E-state index in [1.807, 2.05) is 17.7 Å². The molecule has 0 aromatic carbocycles. The third-order valence-electron chi connectivity index (χ3n) is 2.39. The van der Waals surface area contributed by atoms with Crippen molar-refractivity contribution >= 4 is 17.1 Å². The molecule has 0 radical (unpaired) electrons. The fourth-order valence-corrected chi connectivity index (χ4v) is 2.07. The number of aryl methyl sites for hydroxylation is 1. The van der Waals surface area contributed by atoms with Crippen LogP contribution in [0.3, 0.4) is 0 Å². The Kier molecular flexibility index (Phi) is 3.67. The van der Waals surface area contributed by atoms with E-state index in [1.54, 1.807) is 11.3 Å². The molecule has 1 atom stereocenters. The maximum Gasteiger partial charge on any atom is 0.164 e. The fraction of sp³-hybridized carbons (Fsp3) is 0.545. The Morgan fingerprint density at radius 2 is 2.23 bits per heavy atom. The van der Waals surface area contributed by atoms with Crippen molar-refractivity contribution in [2.75, 3.05) is 0 Å². The second-order valence-corrected chi connectivity index (χ2v) is 4.35. The molecule has 1 aromatic rings. The minimum atomic E-state index is 0.299. The molecule has 0 aliphatic heterocycles. The Balaban J connectivity index is 2.64. The summed E-state index contributed by atoms with van der Waals surface area (Å²) in [5, 5.41) is 3.99. The smallest absolute Gasteiger partial charge is 0.164 e. The summed E-state index contributed by atoms with van der Waals surface area (Å²) in [6.45, 7) is 6.25. The number of hydrogen-bond donors (Lipinski definition) is 0. The molecule has 13 heavy (non-hydrogen) atoms. The molecule has 0 spiro atoms. The molecule has 1 unspecified atom stereocenters. The summed E-state index contributed by atoms with van der Waals surface area (Å²) in [6, 6.07) is 0. The van der Waals surface area contributed by atoms with Crippen LogP contribution in [-0.2, 0) is 0 Å². The highest BCUT2D eigenvalue weighted by Gasteiger charge is 2.12. The highest BCUT2D eigenvalue weighted by atomic mass is 32.1. The van der Waals surface area contributed by atoms with Crippen LogP contribution in [0.2, 0.25) is 0 Å². The van der Waals surface area contributed by atoms with Crippen LogP contribution in [0, 0.1) is 12.8 Å². The van der Waals surface area contributed by atoms with Gasteiger partial charge in [0, 0.05) is 17.4 Å². The number of thiophene rings is 1. The van der Waals surface area contributed by atoms with E-state index in [0.717, 1.165) is 17.5 Å². The van der Waals surface area contributed by atoms with Crippen LogP contribution in [0.5, 0.6) is 0 Å². The molecular formula is C11H16OS. The molecule has 0 saturated carbocycles. The van der Waals surface area contributed by atoms with E-state index in [2.05, 4.69) is 13.8 Å². The molecule has 0 N–H and O–H groups in total. The monoisotopic (exact) mass is 196 g/mol. The lowest BCUT2D eigenvalue weighted by molar-refractivity contribution is 0.0963. The highest BCUT2D eigenvalue weighted by molar-refractivity contribution is 7.08. The maximum absolute atomic E-state index is 11.7. The number of ketones is 1. The number of rotatable bonds is 4. The van der Waals surface area contributed by atoms with Gasteiger partial charge in [0.15, 0.2) is 5.78 Å². The van der Waals surface area contributed by atoms with Gasteiger partial charge in [0.2, 0.25) is 0 Å². The van der Waals surface area contributed by atoms with Crippen molar-refractivity contribution in [3.8, 4) is 0 Å². The molecule has 1 rings (SSSR count). The van der Waals surface area contributed by atoms with E-state index in [1.165, 1.54) is 0 Å². The third-order valence-corrected chi connectivity index (χ3v) is 3.25. The quantitative estimate of drug-likeness (QED) is 0.671. The molecule has 0 aliphatic carbocycles. The van der Waals surface area contributed by atoms with Gasteiger partial charge in [-0.05, 0) is 23.8 Å². The van der Waals surface area contributed by atoms with Gasteiger partial charge in [-0.15, -0.1) is 0 Å². The van der Waals surface area contributed by atoms with Gasteiger partial charge >= 0.3 is 0 Å². The lowest BCUT2D eigenvalue weighted by Gasteiger charge is -2.06. The molecule has 1 heterocycles. The summed E-state index contributed by atoms with van der Waals surface area (Å²) in [6.07, 6.45) is 1.77. The normalized spacial score (nSPS) is 12.8. The van der Waals surface area contributed by atoms with Gasteiger partial charge in [-0.25, -0.2) is 0 Å². The first-order chi connectivity index (χ1) is 6.15. The number of carbonyl (C=O) groups excluding carboxylic acids is 1. The van der Waals surface area contributed by atoms with Crippen molar-refractivity contribution < 1.29 is 4.79 Å². The topological polar surface area (TPSA) is 17.1 Å². The molecule has 1 aromatic heterocycles. The van der Waals surface area contributed by atoms with Crippen molar-refractivity contribution in [1.29, 1.82) is 0 Å². The second-order valence-electron chi connectivity index (χ2n) is 3.61. The second kappa shape index (κ2) is 4.56. The third kappa shape index (κ3) is 2.66. The van der Waals surface area contributed by atoms with Crippen LogP contribution in [0.4, 0.5) is 0 Å². The van der Waals surface area contributed by atoms with Crippen LogP contribution >= 0.6 is 11.3 Å². The summed E-state index contributed by atoms with van der Waals surface area (Å²) in [5.74, 6) is 0.805. The van der Waals surface area contributed by atoms with E-state index < -0.39 is 0 Å². The van der Waals surface area contributed by atoms with Crippen LogP contribution in [-0.4, -0.2) is 5.78 Å². The highest BCUT2D eigenvalue weighted by Crippen LogP contribution is 2.18. The van der Waals surface area contributed by atoms with Gasteiger partial charge < -0.3 is 0 Å². The van der Waals surface area contributed by atoms with Gasteiger partial charge in [0.25, 0.3) is 0 Å². The van der Waals surface area contributed by atoms with Crippen molar-refractivity contribution in [1.82, 2.24) is 0 Å². The van der Waals surface area contributed by atoms with E-state index in [9.17, 15) is 4.79 Å². The minimum Gasteiger partial charge on any atom is -0.294 e. The van der Waals surface area contributed by atoms with Gasteiger partial charge in [-0.3, -0.25) is 4.79 Å². The average Bonchev–Trinajstić information content (AvgIpc) is 2.51. The van der Waals surface area contributed by atoms with Crippen LogP contribution in [0.1, 0.15) is 42.6 Å². The van der Waals surface area contributed by atoms with Crippen molar-refractivity contribution in [2.45, 2.75) is 33.6 Å². The van der Waals surface area contributed by atoms with Gasteiger partial charge in [0.1, 0.15) is 0 Å². The zero-order valence-corrected chi connectivity index (χ0v) is 9.28. The Hall–Kier alpha value is -0.630. The predicted octanol–water partition coefficient (Wildman–Crippen LogP) is 3.68. The Morgan fingerprint density at radius 3 is 2.69 bits per heavy atom. The molecule has 0 amide bonds. The molecule has 1 nitrogen and oxygen atoms in total. The summed E-state index contributed by atoms with van der Waals surface area (Å²) in [7, 11) is 0. The largest absolute Gasteiger partial charge is 0.294 e. The Morgan fingerprint density at radius 1 is 1.54 bits per heavy atom. The zero-order chi connectivity index (χ0) is 9.84. The van der Waals surface area contributed by atoms with Crippen molar-refractivity contribution in [3.63, 3.8) is 0 Å². The average molecular weight is 196 g/mol. The van der Waals surface area contributed by atoms with Gasteiger partial charge in [-0.2, -0.15) is 11.3 Å². The standard InChI is InChI=1S/C11H16OS/c1-4-8(2)5-11(12)10-7-13-6-9(10)3/h6-8H,4-5H2,1-3H3. The van der Waals surface area contributed by atoms with Crippen LogP contribution in [0.25, 0.3) is 0 Å². The minimum absolute atomic E-state index is 0.299. The van der Waals surface area contributed by atoms with Crippen LogP contribution in [0.15, 0.2) is 10.8 Å². The molecule has 0 aliphatic rings. The maximum atomic E-state index is 11.7. The molecule has 0 bridgehead atoms. The Labute approximate surface area is 83.8 Å². The molecule has 0 fully saturated rings. The Bertz CT molecular complexity index is 288. The summed E-state index contributed by atoms with van der Waals surface area (Å²) in [5.41, 5.74) is 2.05. The lowest BCUT2D eigenvalue weighted by atomic mass is 9.98.